The molecule has 186 valence electrons. The molecule has 36 heavy (non-hydrogen) atoms. The lowest BCUT2D eigenvalue weighted by atomic mass is 10.0. The van der Waals surface area contributed by atoms with E-state index in [0.29, 0.717) is 5.56 Å². The van der Waals surface area contributed by atoms with Crippen LogP contribution in [0.2, 0.25) is 0 Å². The minimum absolute atomic E-state index is 0.0234. The fourth-order valence-corrected chi connectivity index (χ4v) is 3.45. The molecule has 0 aliphatic rings. The topological polar surface area (TPSA) is 154 Å². The van der Waals surface area contributed by atoms with Crippen molar-refractivity contribution in [1.29, 1.82) is 0 Å². The number of primary amides is 1. The van der Waals surface area contributed by atoms with Gasteiger partial charge in [0.15, 0.2) is 0 Å². The molecule has 0 aliphatic carbocycles. The summed E-state index contributed by atoms with van der Waals surface area (Å²) in [7, 11) is 0. The highest BCUT2D eigenvalue weighted by Crippen LogP contribution is 2.14. The summed E-state index contributed by atoms with van der Waals surface area (Å²) in [4.78, 5) is 48.0. The zero-order valence-corrected chi connectivity index (χ0v) is 19.3. The summed E-state index contributed by atoms with van der Waals surface area (Å²) >= 11 is 0. The monoisotopic (exact) mass is 490 g/mol. The number of hydrogen-bond acceptors (Lipinski definition) is 6. The van der Waals surface area contributed by atoms with Crippen molar-refractivity contribution in [3.05, 3.63) is 112 Å². The van der Waals surface area contributed by atoms with Gasteiger partial charge in [0.1, 0.15) is 18.7 Å². The number of benzene rings is 3. The van der Waals surface area contributed by atoms with Crippen LogP contribution >= 0.6 is 0 Å². The molecule has 0 aromatic heterocycles. The number of amides is 3. The van der Waals surface area contributed by atoms with Gasteiger partial charge in [-0.05, 0) is 16.7 Å². The number of hydrogen-bond donors (Lipinski definition) is 3. The third kappa shape index (κ3) is 7.94. The first kappa shape index (κ1) is 25.9. The molecular formula is C26H26N4O6. The van der Waals surface area contributed by atoms with Gasteiger partial charge in [-0.2, -0.15) is 0 Å². The van der Waals surface area contributed by atoms with Crippen molar-refractivity contribution in [2.45, 2.75) is 31.5 Å². The van der Waals surface area contributed by atoms with E-state index < -0.39 is 34.9 Å². The number of alkyl carbamates (subject to hydrolysis) is 1. The van der Waals surface area contributed by atoms with Crippen molar-refractivity contribution in [3.8, 4) is 0 Å². The van der Waals surface area contributed by atoms with Gasteiger partial charge in [-0.15, -0.1) is 0 Å². The minimum atomic E-state index is -1.10. The summed E-state index contributed by atoms with van der Waals surface area (Å²) in [5.41, 5.74) is 7.54. The third-order valence-electron chi connectivity index (χ3n) is 5.35. The second-order valence-corrected chi connectivity index (χ2v) is 8.04. The molecule has 0 bridgehead atoms. The predicted octanol–water partition coefficient (Wildman–Crippen LogP) is 2.65. The number of carbonyl (C=O) groups excluding carboxylic acids is 3. The smallest absolute Gasteiger partial charge is 0.408 e. The van der Waals surface area contributed by atoms with Crippen molar-refractivity contribution < 1.29 is 24.0 Å². The Morgan fingerprint density at radius 3 is 1.86 bits per heavy atom. The summed E-state index contributed by atoms with van der Waals surface area (Å²) in [5.74, 6) is -1.41. The highest BCUT2D eigenvalue weighted by atomic mass is 16.6. The summed E-state index contributed by atoms with van der Waals surface area (Å²) in [6, 6.07) is 21.6. The van der Waals surface area contributed by atoms with E-state index in [4.69, 9.17) is 10.5 Å². The maximum atomic E-state index is 13.1. The minimum Gasteiger partial charge on any atom is -0.445 e. The maximum Gasteiger partial charge on any atom is 0.408 e. The summed E-state index contributed by atoms with van der Waals surface area (Å²) in [6.07, 6.45) is -0.618. The van der Waals surface area contributed by atoms with Gasteiger partial charge in [-0.25, -0.2) is 4.79 Å². The molecule has 0 radical (unpaired) electrons. The average Bonchev–Trinajstić information content (AvgIpc) is 2.88. The maximum absolute atomic E-state index is 13.1. The Morgan fingerprint density at radius 2 is 1.31 bits per heavy atom. The molecule has 0 heterocycles. The number of ether oxygens (including phenoxy) is 1. The first-order valence-corrected chi connectivity index (χ1v) is 11.2. The van der Waals surface area contributed by atoms with Gasteiger partial charge in [0.05, 0.1) is 4.92 Å². The molecule has 2 atom stereocenters. The fourth-order valence-electron chi connectivity index (χ4n) is 3.45. The molecule has 4 N–H and O–H groups in total. The Labute approximate surface area is 207 Å². The van der Waals surface area contributed by atoms with Crippen LogP contribution in [0.5, 0.6) is 0 Å². The molecule has 0 saturated carbocycles. The molecule has 10 heteroatoms. The molecule has 10 nitrogen and oxygen atoms in total. The van der Waals surface area contributed by atoms with Crippen molar-refractivity contribution >= 4 is 23.6 Å². The molecule has 0 saturated heterocycles. The number of carbonyl (C=O) groups is 3. The SMILES string of the molecule is NC(=O)[C@@H](Cc1ccc([N+](=O)[O-])cc1)NC(=O)[C@H](Cc1ccccc1)NC(=O)OCc1ccccc1. The van der Waals surface area contributed by atoms with E-state index in [1.165, 1.54) is 24.3 Å². The Morgan fingerprint density at radius 1 is 0.778 bits per heavy atom. The van der Waals surface area contributed by atoms with Crippen LogP contribution in [0.4, 0.5) is 10.5 Å². The van der Waals surface area contributed by atoms with Gasteiger partial charge in [0, 0.05) is 25.0 Å². The highest BCUT2D eigenvalue weighted by Gasteiger charge is 2.27. The zero-order chi connectivity index (χ0) is 25.9. The summed E-state index contributed by atoms with van der Waals surface area (Å²) < 4.78 is 5.25. The van der Waals surface area contributed by atoms with Crippen LogP contribution in [0.1, 0.15) is 16.7 Å². The van der Waals surface area contributed by atoms with Gasteiger partial charge < -0.3 is 21.1 Å². The van der Waals surface area contributed by atoms with Gasteiger partial charge in [-0.3, -0.25) is 19.7 Å². The van der Waals surface area contributed by atoms with Crippen LogP contribution in [0, 0.1) is 10.1 Å². The van der Waals surface area contributed by atoms with Crippen molar-refractivity contribution in [3.63, 3.8) is 0 Å². The Balaban J connectivity index is 1.69. The lowest BCUT2D eigenvalue weighted by molar-refractivity contribution is -0.384. The largest absolute Gasteiger partial charge is 0.445 e. The van der Waals surface area contributed by atoms with Crippen molar-refractivity contribution in [2.75, 3.05) is 0 Å². The standard InChI is InChI=1S/C26H26N4O6/c27-24(31)22(15-19-11-13-21(14-12-19)30(34)35)28-25(32)23(16-18-7-3-1-4-8-18)29-26(33)36-17-20-9-5-2-6-10-20/h1-14,22-23H,15-17H2,(H2,27,31)(H,28,32)(H,29,33)/t22-,23+/m1/s1. The zero-order valence-electron chi connectivity index (χ0n) is 19.3. The molecule has 0 spiro atoms. The molecule has 0 aliphatic heterocycles. The van der Waals surface area contributed by atoms with E-state index in [1.807, 2.05) is 24.3 Å². The number of nitro groups is 1. The second-order valence-electron chi connectivity index (χ2n) is 8.04. The molecule has 3 rings (SSSR count). The van der Waals surface area contributed by atoms with E-state index in [9.17, 15) is 24.5 Å². The van der Waals surface area contributed by atoms with Gasteiger partial charge in [0.2, 0.25) is 11.8 Å². The number of nitrogens with zero attached hydrogens (tertiary/aromatic N) is 1. The highest BCUT2D eigenvalue weighted by molar-refractivity contribution is 5.91. The van der Waals surface area contributed by atoms with Gasteiger partial charge in [-0.1, -0.05) is 72.8 Å². The first-order valence-electron chi connectivity index (χ1n) is 11.2. The van der Waals surface area contributed by atoms with Crippen molar-refractivity contribution in [2.24, 2.45) is 5.73 Å². The normalized spacial score (nSPS) is 12.1. The van der Waals surface area contributed by atoms with Crippen LogP contribution in [-0.2, 0) is 33.8 Å². The fraction of sp³-hybridized carbons (Fsp3) is 0.192. The Bertz CT molecular complexity index is 1190. The predicted molar refractivity (Wildman–Crippen MR) is 132 cm³/mol. The number of nitrogens with one attached hydrogen (secondary N) is 2. The number of rotatable bonds is 11. The van der Waals surface area contributed by atoms with E-state index >= 15 is 0 Å². The molecule has 3 amide bonds. The second kappa shape index (κ2) is 12.7. The molecule has 3 aromatic carbocycles. The van der Waals surface area contributed by atoms with Gasteiger partial charge >= 0.3 is 6.09 Å². The van der Waals surface area contributed by atoms with E-state index in [-0.39, 0.29) is 25.1 Å². The van der Waals surface area contributed by atoms with Crippen LogP contribution in [-0.4, -0.2) is 34.9 Å². The van der Waals surface area contributed by atoms with E-state index in [2.05, 4.69) is 10.6 Å². The van der Waals surface area contributed by atoms with Crippen LogP contribution in [0.25, 0.3) is 0 Å². The molecule has 0 unspecified atom stereocenters. The number of non-ortho nitro benzene ring substituents is 1. The average molecular weight is 491 g/mol. The van der Waals surface area contributed by atoms with E-state index in [1.54, 1.807) is 36.4 Å². The molecule has 3 aromatic rings. The quantitative estimate of drug-likeness (QED) is 0.277. The third-order valence-corrected chi connectivity index (χ3v) is 5.35. The van der Waals surface area contributed by atoms with Crippen LogP contribution in [0.3, 0.4) is 0 Å². The Hall–Kier alpha value is -4.73. The van der Waals surface area contributed by atoms with Crippen LogP contribution < -0.4 is 16.4 Å². The molecular weight excluding hydrogens is 464 g/mol. The lowest BCUT2D eigenvalue weighted by Crippen LogP contribution is -2.54. The summed E-state index contributed by atoms with van der Waals surface area (Å²) in [6.45, 7) is 0.0242. The van der Waals surface area contributed by atoms with E-state index in [0.717, 1.165) is 11.1 Å². The van der Waals surface area contributed by atoms with Crippen LogP contribution in [0.15, 0.2) is 84.9 Å². The number of nitrogens with two attached hydrogens (primary N) is 1. The Kier molecular flexibility index (Phi) is 9.10. The molecule has 0 fully saturated rings. The first-order chi connectivity index (χ1) is 17.3. The summed E-state index contributed by atoms with van der Waals surface area (Å²) in [5, 5.41) is 16.0. The van der Waals surface area contributed by atoms with Crippen molar-refractivity contribution in [1.82, 2.24) is 10.6 Å². The lowest BCUT2D eigenvalue weighted by Gasteiger charge is -2.22. The number of nitro benzene ring substituents is 1. The van der Waals surface area contributed by atoms with Gasteiger partial charge in [0.25, 0.3) is 5.69 Å².